The van der Waals surface area contributed by atoms with E-state index in [1.807, 2.05) is 0 Å². The predicted molar refractivity (Wildman–Crippen MR) is 138 cm³/mol. The van der Waals surface area contributed by atoms with Gasteiger partial charge in [-0.25, -0.2) is 0 Å². The summed E-state index contributed by atoms with van der Waals surface area (Å²) >= 11 is 0. The maximum Gasteiger partial charge on any atom is -0.0172 e. The summed E-state index contributed by atoms with van der Waals surface area (Å²) in [5, 5.41) is 0. The molecule has 0 saturated heterocycles. The van der Waals surface area contributed by atoms with Crippen LogP contribution in [0.1, 0.15) is 11.1 Å². The summed E-state index contributed by atoms with van der Waals surface area (Å²) in [6.07, 6.45) is 0. The lowest BCUT2D eigenvalue weighted by Gasteiger charge is -2.12. The van der Waals surface area contributed by atoms with Crippen LogP contribution >= 0.6 is 0 Å². The van der Waals surface area contributed by atoms with E-state index in [9.17, 15) is 0 Å². The second-order valence-electron chi connectivity index (χ2n) is 8.47. The lowest BCUT2D eigenvalue weighted by Crippen LogP contribution is -1.87. The first-order valence-corrected chi connectivity index (χ1v) is 11.1. The molecule has 0 N–H and O–H groups in total. The van der Waals surface area contributed by atoms with Crippen LogP contribution in [0.15, 0.2) is 121 Å². The molecule has 0 aliphatic heterocycles. The standard InChI is InChI=1S/C32H26/c1-23-8-12-26(13-9-23)27-16-18-29(19-17-27)32-21-30(25-6-4-3-5-7-25)20-31(22-32)28-14-10-24(2)11-15-28/h3-22H,1-2H3. The fraction of sp³-hybridized carbons (Fsp3) is 0.0625. The van der Waals surface area contributed by atoms with Crippen molar-refractivity contribution in [3.8, 4) is 44.5 Å². The molecule has 0 aliphatic rings. The number of rotatable bonds is 4. The molecule has 0 fully saturated rings. The monoisotopic (exact) mass is 410 g/mol. The first-order valence-electron chi connectivity index (χ1n) is 11.1. The Hall–Kier alpha value is -3.90. The molecule has 5 rings (SSSR count). The summed E-state index contributed by atoms with van der Waals surface area (Å²) in [5.74, 6) is 0. The molecule has 154 valence electrons. The Morgan fingerprint density at radius 1 is 0.281 bits per heavy atom. The van der Waals surface area contributed by atoms with Gasteiger partial charge in [0, 0.05) is 0 Å². The summed E-state index contributed by atoms with van der Waals surface area (Å²) in [6.45, 7) is 4.25. The van der Waals surface area contributed by atoms with Crippen molar-refractivity contribution in [2.75, 3.05) is 0 Å². The van der Waals surface area contributed by atoms with Crippen molar-refractivity contribution in [3.05, 3.63) is 132 Å². The summed E-state index contributed by atoms with van der Waals surface area (Å²) < 4.78 is 0. The molecule has 0 bridgehead atoms. The van der Waals surface area contributed by atoms with Crippen molar-refractivity contribution in [3.63, 3.8) is 0 Å². The fourth-order valence-electron chi connectivity index (χ4n) is 4.11. The van der Waals surface area contributed by atoms with Gasteiger partial charge in [-0.15, -0.1) is 0 Å². The van der Waals surface area contributed by atoms with Crippen LogP contribution in [0.25, 0.3) is 44.5 Å². The minimum atomic E-state index is 1.23. The predicted octanol–water partition coefficient (Wildman–Crippen LogP) is 8.97. The van der Waals surface area contributed by atoms with Crippen LogP contribution in [-0.4, -0.2) is 0 Å². The normalized spacial score (nSPS) is 10.8. The number of hydrogen-bond donors (Lipinski definition) is 0. The molecule has 32 heavy (non-hydrogen) atoms. The van der Waals surface area contributed by atoms with Crippen LogP contribution in [0.3, 0.4) is 0 Å². The van der Waals surface area contributed by atoms with Gasteiger partial charge in [0.1, 0.15) is 0 Å². The largest absolute Gasteiger partial charge is 0.0622 e. The van der Waals surface area contributed by atoms with Gasteiger partial charge < -0.3 is 0 Å². The van der Waals surface area contributed by atoms with Gasteiger partial charge in [-0.2, -0.15) is 0 Å². The number of aryl methyl sites for hydroxylation is 2. The molecule has 0 heteroatoms. The van der Waals surface area contributed by atoms with Crippen molar-refractivity contribution in [2.24, 2.45) is 0 Å². The highest BCUT2D eigenvalue weighted by Crippen LogP contribution is 2.34. The molecule has 0 amide bonds. The zero-order valence-electron chi connectivity index (χ0n) is 18.5. The van der Waals surface area contributed by atoms with Crippen LogP contribution in [0.4, 0.5) is 0 Å². The molecule has 0 saturated carbocycles. The molecular formula is C32H26. The van der Waals surface area contributed by atoms with Crippen LogP contribution in [0, 0.1) is 13.8 Å². The summed E-state index contributed by atoms with van der Waals surface area (Å²) in [7, 11) is 0. The third-order valence-electron chi connectivity index (χ3n) is 6.03. The Morgan fingerprint density at radius 2 is 0.562 bits per heavy atom. The van der Waals surface area contributed by atoms with Crippen LogP contribution < -0.4 is 0 Å². The van der Waals surface area contributed by atoms with E-state index in [4.69, 9.17) is 0 Å². The number of benzene rings is 5. The minimum Gasteiger partial charge on any atom is -0.0622 e. The number of hydrogen-bond acceptors (Lipinski definition) is 0. The average molecular weight is 411 g/mol. The van der Waals surface area contributed by atoms with Crippen LogP contribution in [0.5, 0.6) is 0 Å². The maximum absolute atomic E-state index is 2.30. The summed E-state index contributed by atoms with van der Waals surface area (Å²) in [4.78, 5) is 0. The van der Waals surface area contributed by atoms with Gasteiger partial charge in [0.05, 0.1) is 0 Å². The Bertz CT molecular complexity index is 1320. The van der Waals surface area contributed by atoms with Crippen molar-refractivity contribution < 1.29 is 0 Å². The van der Waals surface area contributed by atoms with Crippen molar-refractivity contribution >= 4 is 0 Å². The Balaban J connectivity index is 1.58. The minimum absolute atomic E-state index is 1.23. The highest BCUT2D eigenvalue weighted by atomic mass is 14.1. The summed E-state index contributed by atoms with van der Waals surface area (Å²) in [5.41, 5.74) is 12.5. The zero-order valence-corrected chi connectivity index (χ0v) is 18.5. The second kappa shape index (κ2) is 8.69. The van der Waals surface area contributed by atoms with Crippen molar-refractivity contribution in [1.82, 2.24) is 0 Å². The molecular weight excluding hydrogens is 384 g/mol. The molecule has 0 nitrogen and oxygen atoms in total. The third kappa shape index (κ3) is 4.26. The quantitative estimate of drug-likeness (QED) is 0.277. The van der Waals surface area contributed by atoms with Gasteiger partial charge in [0.25, 0.3) is 0 Å². The molecule has 0 radical (unpaired) electrons. The SMILES string of the molecule is Cc1ccc(-c2ccc(-c3cc(-c4ccccc4)cc(-c4ccc(C)cc4)c3)cc2)cc1. The van der Waals surface area contributed by atoms with E-state index in [2.05, 4.69) is 135 Å². The highest BCUT2D eigenvalue weighted by molar-refractivity contribution is 5.82. The third-order valence-corrected chi connectivity index (χ3v) is 6.03. The topological polar surface area (TPSA) is 0 Å². The van der Waals surface area contributed by atoms with E-state index < -0.39 is 0 Å². The Morgan fingerprint density at radius 3 is 0.938 bits per heavy atom. The van der Waals surface area contributed by atoms with E-state index in [1.165, 1.54) is 55.6 Å². The molecule has 0 spiro atoms. The highest BCUT2D eigenvalue weighted by Gasteiger charge is 2.08. The molecule has 0 aromatic heterocycles. The smallest absolute Gasteiger partial charge is 0.0172 e. The molecule has 0 atom stereocenters. The maximum atomic E-state index is 2.30. The molecule has 0 heterocycles. The van der Waals surface area contributed by atoms with Gasteiger partial charge in [-0.1, -0.05) is 114 Å². The van der Waals surface area contributed by atoms with Gasteiger partial charge in [-0.3, -0.25) is 0 Å². The van der Waals surface area contributed by atoms with Crippen LogP contribution in [0.2, 0.25) is 0 Å². The van der Waals surface area contributed by atoms with Gasteiger partial charge in [0.15, 0.2) is 0 Å². The second-order valence-corrected chi connectivity index (χ2v) is 8.47. The van der Waals surface area contributed by atoms with Crippen molar-refractivity contribution in [2.45, 2.75) is 13.8 Å². The Kier molecular flexibility index (Phi) is 5.44. The molecule has 5 aromatic rings. The first kappa shape index (κ1) is 20.0. The van der Waals surface area contributed by atoms with E-state index >= 15 is 0 Å². The molecule has 0 aliphatic carbocycles. The van der Waals surface area contributed by atoms with Crippen molar-refractivity contribution in [1.29, 1.82) is 0 Å². The average Bonchev–Trinajstić information content (AvgIpc) is 2.85. The first-order chi connectivity index (χ1) is 15.7. The van der Waals surface area contributed by atoms with E-state index in [1.54, 1.807) is 0 Å². The van der Waals surface area contributed by atoms with Gasteiger partial charge in [-0.05, 0) is 76.6 Å². The lowest BCUT2D eigenvalue weighted by atomic mass is 9.92. The zero-order chi connectivity index (χ0) is 21.9. The van der Waals surface area contributed by atoms with Gasteiger partial charge in [0.2, 0.25) is 0 Å². The lowest BCUT2D eigenvalue weighted by molar-refractivity contribution is 1.46. The fourth-order valence-corrected chi connectivity index (χ4v) is 4.11. The Labute approximate surface area is 190 Å². The van der Waals surface area contributed by atoms with E-state index in [0.717, 1.165) is 0 Å². The van der Waals surface area contributed by atoms with E-state index in [-0.39, 0.29) is 0 Å². The summed E-state index contributed by atoms with van der Waals surface area (Å²) in [6, 6.07) is 43.9. The molecule has 5 aromatic carbocycles. The van der Waals surface area contributed by atoms with Crippen LogP contribution in [-0.2, 0) is 0 Å². The van der Waals surface area contributed by atoms with Gasteiger partial charge >= 0.3 is 0 Å². The van der Waals surface area contributed by atoms with E-state index in [0.29, 0.717) is 0 Å². The molecule has 0 unspecified atom stereocenters.